The number of hydrogen-bond donors (Lipinski definition) is 1. The smallest absolute Gasteiger partial charge is 0.129 e. The van der Waals surface area contributed by atoms with Gasteiger partial charge in [0.05, 0.1) is 0 Å². The number of nitrogens with zero attached hydrogens (tertiary/aromatic N) is 1. The molecule has 3 unspecified atom stereocenters. The van der Waals surface area contributed by atoms with Gasteiger partial charge in [-0.3, -0.25) is 4.99 Å². The first-order chi connectivity index (χ1) is 12.8. The SMILES string of the molecule is CC(Sc1ccccc1C1=NCCCN1)C1CC=CC2=C[C@@H]3CC3C=C21. The Balaban J connectivity index is 1.39. The lowest BCUT2D eigenvalue weighted by molar-refractivity contribution is 0.605. The van der Waals surface area contributed by atoms with E-state index in [4.69, 9.17) is 4.99 Å². The van der Waals surface area contributed by atoms with Crippen LogP contribution in [0.2, 0.25) is 0 Å². The van der Waals surface area contributed by atoms with Crippen molar-refractivity contribution < 1.29 is 0 Å². The van der Waals surface area contributed by atoms with E-state index in [0.29, 0.717) is 11.2 Å². The average molecular weight is 363 g/mol. The minimum atomic E-state index is 0.551. The van der Waals surface area contributed by atoms with Crippen LogP contribution in [0.25, 0.3) is 0 Å². The molecule has 1 heterocycles. The van der Waals surface area contributed by atoms with Gasteiger partial charge in [0.15, 0.2) is 0 Å². The van der Waals surface area contributed by atoms with E-state index < -0.39 is 0 Å². The van der Waals surface area contributed by atoms with Gasteiger partial charge < -0.3 is 5.32 Å². The molecule has 1 aromatic carbocycles. The zero-order valence-corrected chi connectivity index (χ0v) is 16.1. The maximum Gasteiger partial charge on any atom is 0.129 e. The molecule has 3 heteroatoms. The van der Waals surface area contributed by atoms with Gasteiger partial charge >= 0.3 is 0 Å². The first-order valence-electron chi connectivity index (χ1n) is 9.94. The molecule has 4 aliphatic rings. The number of nitrogens with one attached hydrogen (secondary N) is 1. The van der Waals surface area contributed by atoms with Gasteiger partial charge in [0.2, 0.25) is 0 Å². The predicted molar refractivity (Wildman–Crippen MR) is 111 cm³/mol. The molecule has 3 aliphatic carbocycles. The summed E-state index contributed by atoms with van der Waals surface area (Å²) in [4.78, 5) is 6.08. The minimum Gasteiger partial charge on any atom is -0.370 e. The molecule has 5 rings (SSSR count). The van der Waals surface area contributed by atoms with Crippen molar-refractivity contribution in [2.45, 2.75) is 36.3 Å². The number of amidine groups is 1. The second-order valence-electron chi connectivity index (χ2n) is 7.88. The molecule has 1 aliphatic heterocycles. The highest BCUT2D eigenvalue weighted by Gasteiger charge is 2.39. The number of rotatable bonds is 4. The van der Waals surface area contributed by atoms with Crippen LogP contribution in [0.4, 0.5) is 0 Å². The molecule has 0 radical (unpaired) electrons. The molecule has 0 amide bonds. The fraction of sp³-hybridized carbons (Fsp3) is 0.435. The Morgan fingerprint density at radius 3 is 2.96 bits per heavy atom. The standard InChI is InChI=1S/C23H26N2S/c1-15(19-8-4-6-16-12-17-13-18(17)14-21(16)19)26-22-9-3-2-7-20(22)23-24-10-5-11-25-23/h2-4,6-7,9,12,14-15,17-19H,5,8,10-11,13H2,1H3,(H,24,25)/t15?,17-,18?,19?/m1/s1. The number of benzene rings is 1. The first-order valence-corrected chi connectivity index (χ1v) is 10.8. The summed E-state index contributed by atoms with van der Waals surface area (Å²) in [6, 6.07) is 8.76. The summed E-state index contributed by atoms with van der Waals surface area (Å²) < 4.78 is 0. The molecule has 26 heavy (non-hydrogen) atoms. The highest BCUT2D eigenvalue weighted by Crippen LogP contribution is 2.51. The van der Waals surface area contributed by atoms with Crippen LogP contribution in [0.5, 0.6) is 0 Å². The van der Waals surface area contributed by atoms with E-state index in [0.717, 1.165) is 43.6 Å². The lowest BCUT2D eigenvalue weighted by atomic mass is 9.80. The highest BCUT2D eigenvalue weighted by atomic mass is 32.2. The van der Waals surface area contributed by atoms with Crippen molar-refractivity contribution in [3.05, 3.63) is 65.3 Å². The first kappa shape index (κ1) is 16.4. The Kier molecular flexibility index (Phi) is 4.28. The van der Waals surface area contributed by atoms with Crippen LogP contribution in [0.1, 0.15) is 31.7 Å². The van der Waals surface area contributed by atoms with Gasteiger partial charge in [-0.15, -0.1) is 11.8 Å². The predicted octanol–water partition coefficient (Wildman–Crippen LogP) is 4.99. The van der Waals surface area contributed by atoms with Crippen LogP contribution in [0.3, 0.4) is 0 Å². The molecule has 134 valence electrons. The lowest BCUT2D eigenvalue weighted by Gasteiger charge is -2.31. The van der Waals surface area contributed by atoms with Crippen LogP contribution in [0.15, 0.2) is 69.6 Å². The normalized spacial score (nSPS) is 30.2. The number of thioether (sulfide) groups is 1. The summed E-state index contributed by atoms with van der Waals surface area (Å²) in [5.74, 6) is 3.35. The van der Waals surface area contributed by atoms with Crippen molar-refractivity contribution in [1.29, 1.82) is 0 Å². The molecular weight excluding hydrogens is 336 g/mol. The fourth-order valence-electron chi connectivity index (χ4n) is 4.44. The van der Waals surface area contributed by atoms with Crippen LogP contribution < -0.4 is 5.32 Å². The Labute approximate surface area is 160 Å². The molecule has 0 bridgehead atoms. The van der Waals surface area contributed by atoms with Crippen LogP contribution >= 0.6 is 11.8 Å². The summed E-state index contributed by atoms with van der Waals surface area (Å²) >= 11 is 2.02. The third-order valence-electron chi connectivity index (χ3n) is 6.02. The quantitative estimate of drug-likeness (QED) is 0.764. The van der Waals surface area contributed by atoms with Gasteiger partial charge in [-0.2, -0.15) is 0 Å². The van der Waals surface area contributed by atoms with E-state index in [-0.39, 0.29) is 0 Å². The fourth-order valence-corrected chi connectivity index (χ4v) is 5.71. The third-order valence-corrected chi connectivity index (χ3v) is 7.33. The Morgan fingerprint density at radius 1 is 1.19 bits per heavy atom. The van der Waals surface area contributed by atoms with E-state index >= 15 is 0 Å². The molecule has 0 spiro atoms. The number of hydrogen-bond acceptors (Lipinski definition) is 3. The van der Waals surface area contributed by atoms with E-state index in [9.17, 15) is 0 Å². The maximum atomic E-state index is 4.72. The van der Waals surface area contributed by atoms with E-state index in [1.807, 2.05) is 11.8 Å². The van der Waals surface area contributed by atoms with Crippen LogP contribution in [0, 0.1) is 17.8 Å². The van der Waals surface area contributed by atoms with Crippen molar-refractivity contribution in [2.75, 3.05) is 13.1 Å². The summed E-state index contributed by atoms with van der Waals surface area (Å²) in [7, 11) is 0. The zero-order valence-electron chi connectivity index (χ0n) is 15.3. The second-order valence-corrected chi connectivity index (χ2v) is 9.30. The van der Waals surface area contributed by atoms with Gasteiger partial charge in [-0.1, -0.05) is 49.4 Å². The molecule has 0 aromatic heterocycles. The third kappa shape index (κ3) is 3.07. The maximum absolute atomic E-state index is 4.72. The topological polar surface area (TPSA) is 24.4 Å². The van der Waals surface area contributed by atoms with E-state index in [2.05, 4.69) is 60.8 Å². The number of fused-ring (bicyclic) bond motifs is 2. The summed E-state index contributed by atoms with van der Waals surface area (Å²) in [5.41, 5.74) is 4.38. The van der Waals surface area contributed by atoms with Gasteiger partial charge in [-0.05, 0) is 54.2 Å². The van der Waals surface area contributed by atoms with Gasteiger partial charge in [-0.25, -0.2) is 0 Å². The van der Waals surface area contributed by atoms with Gasteiger partial charge in [0.1, 0.15) is 5.84 Å². The van der Waals surface area contributed by atoms with Gasteiger partial charge in [0, 0.05) is 28.8 Å². The van der Waals surface area contributed by atoms with Crippen LogP contribution in [-0.2, 0) is 0 Å². The lowest BCUT2D eigenvalue weighted by Crippen LogP contribution is -2.30. The summed E-state index contributed by atoms with van der Waals surface area (Å²) in [6.45, 7) is 4.37. The van der Waals surface area contributed by atoms with Gasteiger partial charge in [0.25, 0.3) is 0 Å². The highest BCUT2D eigenvalue weighted by molar-refractivity contribution is 8.00. The largest absolute Gasteiger partial charge is 0.370 e. The zero-order chi connectivity index (χ0) is 17.5. The average Bonchev–Trinajstić information content (AvgIpc) is 3.45. The molecule has 4 atom stereocenters. The van der Waals surface area contributed by atoms with Crippen LogP contribution in [-0.4, -0.2) is 24.2 Å². The Hall–Kier alpha value is -1.74. The molecule has 1 saturated carbocycles. The second kappa shape index (κ2) is 6.77. The number of aliphatic imine (C=N–C) groups is 1. The van der Waals surface area contributed by atoms with E-state index in [1.165, 1.54) is 22.5 Å². The van der Waals surface area contributed by atoms with Crippen molar-refractivity contribution in [2.24, 2.45) is 22.7 Å². The van der Waals surface area contributed by atoms with Crippen molar-refractivity contribution in [3.63, 3.8) is 0 Å². The van der Waals surface area contributed by atoms with Crippen molar-refractivity contribution in [3.8, 4) is 0 Å². The molecular formula is C23H26N2S. The monoisotopic (exact) mass is 362 g/mol. The van der Waals surface area contributed by atoms with Crippen molar-refractivity contribution in [1.82, 2.24) is 5.32 Å². The number of allylic oxidation sites excluding steroid dienone is 6. The van der Waals surface area contributed by atoms with Crippen molar-refractivity contribution >= 4 is 17.6 Å². The molecule has 1 N–H and O–H groups in total. The minimum absolute atomic E-state index is 0.551. The molecule has 1 aromatic rings. The molecule has 2 nitrogen and oxygen atoms in total. The molecule has 0 saturated heterocycles. The Morgan fingerprint density at radius 2 is 2.08 bits per heavy atom. The molecule has 1 fully saturated rings. The summed E-state index contributed by atoms with van der Waals surface area (Å²) in [5, 5.41) is 4.04. The van der Waals surface area contributed by atoms with E-state index in [1.54, 1.807) is 5.57 Å². The summed E-state index contributed by atoms with van der Waals surface area (Å²) in [6.07, 6.45) is 13.5. The Bertz CT molecular complexity index is 832.